The lowest BCUT2D eigenvalue weighted by molar-refractivity contribution is 0.0584. The number of halogens is 1. The molecule has 4 nitrogen and oxygen atoms in total. The van der Waals surface area contributed by atoms with Crippen LogP contribution in [-0.2, 0) is 0 Å². The highest BCUT2D eigenvalue weighted by Gasteiger charge is 2.46. The van der Waals surface area contributed by atoms with Gasteiger partial charge in [0.25, 0.3) is 5.91 Å². The number of aromatic nitrogens is 1. The van der Waals surface area contributed by atoms with Crippen molar-refractivity contribution in [2.75, 3.05) is 0 Å². The molecule has 17 heavy (non-hydrogen) atoms. The number of pyridine rings is 1. The van der Waals surface area contributed by atoms with E-state index in [1.807, 2.05) is 13.8 Å². The Labute approximate surface area is 99.4 Å². The number of carbonyl (C=O) groups excluding carboxylic acids is 1. The number of rotatable bonds is 2. The number of hydrogen-bond donors (Lipinski definition) is 2. The molecule has 3 N–H and O–H groups in total. The number of nitrogens with zero attached hydrogens (tertiary/aromatic N) is 1. The van der Waals surface area contributed by atoms with E-state index in [0.717, 1.165) is 12.6 Å². The summed E-state index contributed by atoms with van der Waals surface area (Å²) in [4.78, 5) is 15.4. The van der Waals surface area contributed by atoms with Crippen molar-refractivity contribution >= 4 is 5.91 Å². The van der Waals surface area contributed by atoms with Gasteiger partial charge >= 0.3 is 0 Å². The second kappa shape index (κ2) is 4.07. The lowest BCUT2D eigenvalue weighted by atomic mass is 9.63. The standard InChI is InChI=1S/C12H16FN3O/c1-12(2)9(14)5-10(12)16-11(17)7-3-4-15-6-8(7)13/h3-4,6,9-10H,5,14H2,1-2H3,(H,16,17). The Balaban J connectivity index is 2.07. The van der Waals surface area contributed by atoms with E-state index in [-0.39, 0.29) is 23.1 Å². The fourth-order valence-corrected chi connectivity index (χ4v) is 2.00. The van der Waals surface area contributed by atoms with Gasteiger partial charge in [0.15, 0.2) is 5.82 Å². The molecule has 0 radical (unpaired) electrons. The molecule has 0 bridgehead atoms. The molecule has 0 aromatic carbocycles. The zero-order valence-electron chi connectivity index (χ0n) is 9.90. The van der Waals surface area contributed by atoms with Crippen molar-refractivity contribution in [2.24, 2.45) is 11.1 Å². The van der Waals surface area contributed by atoms with Gasteiger partial charge in [-0.3, -0.25) is 9.78 Å². The lowest BCUT2D eigenvalue weighted by Gasteiger charge is -2.50. The van der Waals surface area contributed by atoms with Crippen LogP contribution in [0.2, 0.25) is 0 Å². The van der Waals surface area contributed by atoms with Crippen molar-refractivity contribution in [3.05, 3.63) is 29.8 Å². The van der Waals surface area contributed by atoms with Crippen LogP contribution in [0.3, 0.4) is 0 Å². The molecule has 1 amide bonds. The maximum atomic E-state index is 13.3. The second-order valence-corrected chi connectivity index (χ2v) is 5.05. The molecule has 0 aliphatic heterocycles. The molecule has 1 aliphatic rings. The molecule has 1 fully saturated rings. The molecule has 0 saturated heterocycles. The van der Waals surface area contributed by atoms with Crippen LogP contribution in [0.5, 0.6) is 0 Å². The Morgan fingerprint density at radius 2 is 2.35 bits per heavy atom. The topological polar surface area (TPSA) is 68.0 Å². The molecule has 5 heteroatoms. The van der Waals surface area contributed by atoms with Crippen molar-refractivity contribution < 1.29 is 9.18 Å². The van der Waals surface area contributed by atoms with Crippen molar-refractivity contribution in [3.63, 3.8) is 0 Å². The number of nitrogens with one attached hydrogen (secondary N) is 1. The summed E-state index contributed by atoms with van der Waals surface area (Å²) < 4.78 is 13.3. The molecule has 1 aliphatic carbocycles. The van der Waals surface area contributed by atoms with E-state index in [1.165, 1.54) is 12.3 Å². The second-order valence-electron chi connectivity index (χ2n) is 5.05. The third-order valence-corrected chi connectivity index (χ3v) is 3.67. The Morgan fingerprint density at radius 1 is 1.65 bits per heavy atom. The van der Waals surface area contributed by atoms with Crippen molar-refractivity contribution in [3.8, 4) is 0 Å². The van der Waals surface area contributed by atoms with E-state index in [0.29, 0.717) is 0 Å². The Kier molecular flexibility index (Phi) is 2.87. The molecule has 1 aromatic heterocycles. The first-order chi connectivity index (χ1) is 7.93. The van der Waals surface area contributed by atoms with Crippen LogP contribution in [0, 0.1) is 11.2 Å². The van der Waals surface area contributed by atoms with Crippen LogP contribution >= 0.6 is 0 Å². The summed E-state index contributed by atoms with van der Waals surface area (Å²) in [6.45, 7) is 3.99. The summed E-state index contributed by atoms with van der Waals surface area (Å²) in [5.74, 6) is -1.01. The van der Waals surface area contributed by atoms with Crippen LogP contribution in [0.15, 0.2) is 18.5 Å². The van der Waals surface area contributed by atoms with E-state index in [9.17, 15) is 9.18 Å². The molecule has 1 aromatic rings. The highest BCUT2D eigenvalue weighted by atomic mass is 19.1. The molecule has 1 saturated carbocycles. The molecular weight excluding hydrogens is 221 g/mol. The number of hydrogen-bond acceptors (Lipinski definition) is 3. The zero-order valence-corrected chi connectivity index (χ0v) is 9.90. The minimum absolute atomic E-state index is 0.00225. The first kappa shape index (κ1) is 12.0. The predicted molar refractivity (Wildman–Crippen MR) is 61.8 cm³/mol. The summed E-state index contributed by atoms with van der Waals surface area (Å²) in [5.41, 5.74) is 5.74. The Hall–Kier alpha value is -1.49. The lowest BCUT2D eigenvalue weighted by Crippen LogP contribution is -2.64. The summed E-state index contributed by atoms with van der Waals surface area (Å²) in [5, 5.41) is 2.81. The summed E-state index contributed by atoms with van der Waals surface area (Å²) in [6, 6.07) is 1.45. The first-order valence-corrected chi connectivity index (χ1v) is 5.59. The average Bonchev–Trinajstić information content (AvgIpc) is 2.29. The molecule has 2 atom stereocenters. The van der Waals surface area contributed by atoms with Gasteiger partial charge in [0, 0.05) is 23.7 Å². The average molecular weight is 237 g/mol. The van der Waals surface area contributed by atoms with Gasteiger partial charge in [-0.05, 0) is 12.5 Å². The molecular formula is C12H16FN3O. The van der Waals surface area contributed by atoms with Crippen LogP contribution in [0.25, 0.3) is 0 Å². The third kappa shape index (κ3) is 2.02. The minimum Gasteiger partial charge on any atom is -0.349 e. The van der Waals surface area contributed by atoms with Crippen LogP contribution in [0.4, 0.5) is 4.39 Å². The summed E-state index contributed by atoms with van der Waals surface area (Å²) in [6.07, 6.45) is 3.16. The number of amides is 1. The first-order valence-electron chi connectivity index (χ1n) is 5.59. The molecule has 1 heterocycles. The van der Waals surface area contributed by atoms with E-state index in [2.05, 4.69) is 10.3 Å². The normalized spacial score (nSPS) is 26.1. The van der Waals surface area contributed by atoms with Crippen LogP contribution in [0.1, 0.15) is 30.6 Å². The van der Waals surface area contributed by atoms with E-state index in [4.69, 9.17) is 5.73 Å². The fourth-order valence-electron chi connectivity index (χ4n) is 2.00. The minimum atomic E-state index is -0.605. The molecule has 0 spiro atoms. The largest absolute Gasteiger partial charge is 0.349 e. The van der Waals surface area contributed by atoms with E-state index < -0.39 is 11.7 Å². The molecule has 92 valence electrons. The van der Waals surface area contributed by atoms with Gasteiger partial charge in [0.2, 0.25) is 0 Å². The Bertz CT molecular complexity index is 447. The van der Waals surface area contributed by atoms with Gasteiger partial charge in [-0.25, -0.2) is 4.39 Å². The summed E-state index contributed by atoms with van der Waals surface area (Å²) >= 11 is 0. The number of carbonyl (C=O) groups is 1. The molecule has 2 rings (SSSR count). The van der Waals surface area contributed by atoms with Crippen molar-refractivity contribution in [1.29, 1.82) is 0 Å². The monoisotopic (exact) mass is 237 g/mol. The van der Waals surface area contributed by atoms with Gasteiger partial charge in [-0.15, -0.1) is 0 Å². The maximum Gasteiger partial charge on any atom is 0.254 e. The van der Waals surface area contributed by atoms with Gasteiger partial charge < -0.3 is 11.1 Å². The number of nitrogens with two attached hydrogens (primary N) is 1. The fraction of sp³-hybridized carbons (Fsp3) is 0.500. The Morgan fingerprint density at radius 3 is 2.88 bits per heavy atom. The predicted octanol–water partition coefficient (Wildman–Crippen LogP) is 1.08. The van der Waals surface area contributed by atoms with Gasteiger partial charge in [-0.2, -0.15) is 0 Å². The quantitative estimate of drug-likeness (QED) is 0.808. The van der Waals surface area contributed by atoms with Crippen molar-refractivity contribution in [1.82, 2.24) is 10.3 Å². The zero-order chi connectivity index (χ0) is 12.6. The highest BCUT2D eigenvalue weighted by molar-refractivity contribution is 5.94. The SMILES string of the molecule is CC1(C)C(N)CC1NC(=O)c1ccncc1F. The highest BCUT2D eigenvalue weighted by Crippen LogP contribution is 2.39. The van der Waals surface area contributed by atoms with Gasteiger partial charge in [0.1, 0.15) is 0 Å². The van der Waals surface area contributed by atoms with Gasteiger partial charge in [-0.1, -0.05) is 13.8 Å². The van der Waals surface area contributed by atoms with Crippen molar-refractivity contribution in [2.45, 2.75) is 32.4 Å². The third-order valence-electron chi connectivity index (χ3n) is 3.67. The van der Waals surface area contributed by atoms with E-state index >= 15 is 0 Å². The summed E-state index contributed by atoms with van der Waals surface area (Å²) in [7, 11) is 0. The molecule has 2 unspecified atom stereocenters. The van der Waals surface area contributed by atoms with Crippen LogP contribution in [-0.4, -0.2) is 23.0 Å². The maximum absolute atomic E-state index is 13.3. The van der Waals surface area contributed by atoms with Gasteiger partial charge in [0.05, 0.1) is 11.8 Å². The van der Waals surface area contributed by atoms with Crippen LogP contribution < -0.4 is 11.1 Å². The van der Waals surface area contributed by atoms with E-state index in [1.54, 1.807) is 0 Å². The smallest absolute Gasteiger partial charge is 0.254 e.